The molecule has 8 nitrogen and oxygen atoms in total. The monoisotopic (exact) mass is 326 g/mol. The van der Waals surface area contributed by atoms with Crippen LogP contribution in [0, 0.1) is 0 Å². The average Bonchev–Trinajstić information content (AvgIpc) is 3.00. The third kappa shape index (κ3) is 4.05. The number of nitrogens with one attached hydrogen (secondary N) is 2. The van der Waals surface area contributed by atoms with E-state index in [0.29, 0.717) is 29.8 Å². The van der Waals surface area contributed by atoms with Crippen LogP contribution in [0.5, 0.6) is 0 Å². The Kier molecular flexibility index (Phi) is 4.66. The molecule has 0 fully saturated rings. The van der Waals surface area contributed by atoms with Crippen LogP contribution in [-0.4, -0.2) is 40.3 Å². The Morgan fingerprint density at radius 3 is 2.83 bits per heavy atom. The van der Waals surface area contributed by atoms with Gasteiger partial charge in [-0.05, 0) is 54.2 Å². The van der Waals surface area contributed by atoms with Crippen molar-refractivity contribution in [1.29, 1.82) is 0 Å². The molecule has 0 aliphatic heterocycles. The molecule has 0 saturated carbocycles. The van der Waals surface area contributed by atoms with Crippen molar-refractivity contribution in [2.24, 2.45) is 0 Å². The second-order valence-corrected chi connectivity index (χ2v) is 5.67. The molecule has 24 heavy (non-hydrogen) atoms. The van der Waals surface area contributed by atoms with Gasteiger partial charge in [0.05, 0.1) is 5.69 Å². The molecule has 0 aliphatic carbocycles. The minimum Gasteiger partial charge on any atom is -0.334 e. The van der Waals surface area contributed by atoms with Crippen LogP contribution in [0.25, 0.3) is 11.0 Å². The van der Waals surface area contributed by atoms with Gasteiger partial charge in [0.15, 0.2) is 0 Å². The molecule has 2 amide bonds. The molecule has 0 radical (unpaired) electrons. The van der Waals surface area contributed by atoms with Crippen molar-refractivity contribution in [1.82, 2.24) is 25.5 Å². The van der Waals surface area contributed by atoms with Crippen molar-refractivity contribution in [3.63, 3.8) is 0 Å². The Hall–Kier alpha value is -3.00. The van der Waals surface area contributed by atoms with Crippen LogP contribution in [0.2, 0.25) is 0 Å². The molecule has 2 N–H and O–H groups in total. The molecule has 0 bridgehead atoms. The number of aromatic nitrogens is 3. The molecule has 124 valence electrons. The molecule has 0 aliphatic rings. The number of rotatable bonds is 5. The van der Waals surface area contributed by atoms with E-state index in [1.165, 1.54) is 0 Å². The molecule has 2 aromatic heterocycles. The van der Waals surface area contributed by atoms with Gasteiger partial charge in [0.2, 0.25) is 0 Å². The van der Waals surface area contributed by atoms with Crippen LogP contribution in [0.3, 0.4) is 0 Å². The van der Waals surface area contributed by atoms with Crippen molar-refractivity contribution in [3.8, 4) is 0 Å². The molecule has 0 unspecified atom stereocenters. The first-order chi connectivity index (χ1) is 11.6. The summed E-state index contributed by atoms with van der Waals surface area (Å²) in [7, 11) is 3.94. The fraction of sp³-hybridized carbons (Fsp3) is 0.250. The Bertz CT molecular complexity index is 845. The summed E-state index contributed by atoms with van der Waals surface area (Å²) < 4.78 is 4.65. The fourth-order valence-corrected chi connectivity index (χ4v) is 2.26. The first kappa shape index (κ1) is 15.9. The first-order valence-electron chi connectivity index (χ1n) is 7.46. The third-order valence-electron chi connectivity index (χ3n) is 3.32. The Labute approximate surface area is 138 Å². The minimum atomic E-state index is -0.282. The standard InChI is InChI=1S/C16H18N6O2/c1-22(2)10-13-8-12(5-6-17-13)19-16(23)18-9-11-3-4-14-15(7-11)21-24-20-14/h3-8H,9-10H2,1-2H3,(H2,17,18,19,23). The largest absolute Gasteiger partial charge is 0.334 e. The van der Waals surface area contributed by atoms with E-state index < -0.39 is 0 Å². The van der Waals surface area contributed by atoms with Gasteiger partial charge in [0.1, 0.15) is 11.0 Å². The van der Waals surface area contributed by atoms with Gasteiger partial charge in [-0.2, -0.15) is 0 Å². The van der Waals surface area contributed by atoms with E-state index in [1.807, 2.05) is 37.2 Å². The molecular formula is C16H18N6O2. The van der Waals surface area contributed by atoms with E-state index in [0.717, 1.165) is 11.3 Å². The number of urea groups is 1. The molecule has 2 heterocycles. The number of hydrogen-bond donors (Lipinski definition) is 2. The van der Waals surface area contributed by atoms with Crippen molar-refractivity contribution >= 4 is 22.8 Å². The second kappa shape index (κ2) is 7.05. The van der Waals surface area contributed by atoms with Crippen molar-refractivity contribution in [2.75, 3.05) is 19.4 Å². The van der Waals surface area contributed by atoms with E-state index in [2.05, 4.69) is 30.6 Å². The first-order valence-corrected chi connectivity index (χ1v) is 7.46. The van der Waals surface area contributed by atoms with Gasteiger partial charge in [-0.15, -0.1) is 0 Å². The Balaban J connectivity index is 1.57. The van der Waals surface area contributed by atoms with Gasteiger partial charge in [0, 0.05) is 25.0 Å². The van der Waals surface area contributed by atoms with Crippen molar-refractivity contribution in [2.45, 2.75) is 13.1 Å². The second-order valence-electron chi connectivity index (χ2n) is 5.67. The highest BCUT2D eigenvalue weighted by atomic mass is 16.6. The molecule has 0 saturated heterocycles. The zero-order chi connectivity index (χ0) is 16.9. The molecule has 3 aromatic rings. The smallest absolute Gasteiger partial charge is 0.319 e. The normalized spacial score (nSPS) is 11.0. The summed E-state index contributed by atoms with van der Waals surface area (Å²) in [6.45, 7) is 1.09. The number of benzene rings is 1. The van der Waals surface area contributed by atoms with Crippen molar-refractivity contribution < 1.29 is 9.42 Å². The zero-order valence-electron chi connectivity index (χ0n) is 13.5. The van der Waals surface area contributed by atoms with Crippen LogP contribution in [0.4, 0.5) is 10.5 Å². The van der Waals surface area contributed by atoms with Gasteiger partial charge in [-0.25, -0.2) is 9.42 Å². The minimum absolute atomic E-state index is 0.282. The highest BCUT2D eigenvalue weighted by Crippen LogP contribution is 2.12. The highest BCUT2D eigenvalue weighted by Gasteiger charge is 2.06. The number of carbonyl (C=O) groups excluding carboxylic acids is 1. The maximum atomic E-state index is 12.0. The van der Waals surface area contributed by atoms with E-state index in [4.69, 9.17) is 0 Å². The Morgan fingerprint density at radius 2 is 2.00 bits per heavy atom. The highest BCUT2D eigenvalue weighted by molar-refractivity contribution is 5.89. The van der Waals surface area contributed by atoms with Gasteiger partial charge in [-0.3, -0.25) is 4.98 Å². The lowest BCUT2D eigenvalue weighted by Gasteiger charge is -2.11. The number of hydrogen-bond acceptors (Lipinski definition) is 6. The summed E-state index contributed by atoms with van der Waals surface area (Å²) in [5.41, 5.74) is 3.86. The number of fused-ring (bicyclic) bond motifs is 1. The summed E-state index contributed by atoms with van der Waals surface area (Å²) in [6.07, 6.45) is 1.68. The number of nitrogens with zero attached hydrogens (tertiary/aromatic N) is 4. The summed E-state index contributed by atoms with van der Waals surface area (Å²) in [5.74, 6) is 0. The van der Waals surface area contributed by atoms with Crippen LogP contribution in [0.1, 0.15) is 11.3 Å². The number of pyridine rings is 1. The number of amides is 2. The predicted octanol–water partition coefficient (Wildman–Crippen LogP) is 2.00. The van der Waals surface area contributed by atoms with Crippen LogP contribution < -0.4 is 10.6 Å². The van der Waals surface area contributed by atoms with Crippen molar-refractivity contribution in [3.05, 3.63) is 47.8 Å². The lowest BCUT2D eigenvalue weighted by molar-refractivity contribution is 0.251. The molecule has 0 atom stereocenters. The SMILES string of the molecule is CN(C)Cc1cc(NC(=O)NCc2ccc3nonc3c2)ccn1. The predicted molar refractivity (Wildman–Crippen MR) is 89.3 cm³/mol. The van der Waals surface area contributed by atoms with Gasteiger partial charge in [0.25, 0.3) is 0 Å². The average molecular weight is 326 g/mol. The van der Waals surface area contributed by atoms with E-state index >= 15 is 0 Å². The van der Waals surface area contributed by atoms with E-state index in [1.54, 1.807) is 18.3 Å². The quantitative estimate of drug-likeness (QED) is 0.744. The molecule has 3 rings (SSSR count). The molecule has 0 spiro atoms. The third-order valence-corrected chi connectivity index (χ3v) is 3.32. The maximum absolute atomic E-state index is 12.0. The summed E-state index contributed by atoms with van der Waals surface area (Å²) in [5, 5.41) is 13.1. The summed E-state index contributed by atoms with van der Waals surface area (Å²) in [4.78, 5) is 18.3. The van der Waals surface area contributed by atoms with Gasteiger partial charge < -0.3 is 15.5 Å². The number of anilines is 1. The van der Waals surface area contributed by atoms with E-state index in [9.17, 15) is 4.79 Å². The summed E-state index contributed by atoms with van der Waals surface area (Å²) in [6, 6.07) is 8.83. The molecule has 1 aromatic carbocycles. The lowest BCUT2D eigenvalue weighted by atomic mass is 10.2. The fourth-order valence-electron chi connectivity index (χ4n) is 2.26. The van der Waals surface area contributed by atoms with Gasteiger partial charge >= 0.3 is 6.03 Å². The Morgan fingerprint density at radius 1 is 1.17 bits per heavy atom. The molecular weight excluding hydrogens is 308 g/mol. The van der Waals surface area contributed by atoms with E-state index in [-0.39, 0.29) is 6.03 Å². The zero-order valence-corrected chi connectivity index (χ0v) is 13.5. The summed E-state index contributed by atoms with van der Waals surface area (Å²) >= 11 is 0. The number of carbonyl (C=O) groups is 1. The maximum Gasteiger partial charge on any atom is 0.319 e. The van der Waals surface area contributed by atoms with Gasteiger partial charge in [-0.1, -0.05) is 6.07 Å². The van der Waals surface area contributed by atoms with Crippen LogP contribution in [-0.2, 0) is 13.1 Å². The topological polar surface area (TPSA) is 96.2 Å². The molecule has 8 heteroatoms. The van der Waals surface area contributed by atoms with Crippen LogP contribution >= 0.6 is 0 Å². The lowest BCUT2D eigenvalue weighted by Crippen LogP contribution is -2.28. The van der Waals surface area contributed by atoms with Crippen LogP contribution in [0.15, 0.2) is 41.2 Å².